The minimum absolute atomic E-state index is 0.00542. The average molecular weight is 343 g/mol. The molecular formula is C18H18FN3O3. The molecule has 0 aliphatic carbocycles. The van der Waals surface area contributed by atoms with Gasteiger partial charge in [0.15, 0.2) is 12.4 Å². The van der Waals surface area contributed by atoms with Crippen molar-refractivity contribution in [2.24, 2.45) is 0 Å². The fourth-order valence-corrected chi connectivity index (χ4v) is 3.18. The fourth-order valence-electron chi connectivity index (χ4n) is 3.18. The molecule has 3 heterocycles. The summed E-state index contributed by atoms with van der Waals surface area (Å²) in [4.78, 5) is 18.1. The lowest BCUT2D eigenvalue weighted by molar-refractivity contribution is -0.118. The van der Waals surface area contributed by atoms with Crippen molar-refractivity contribution < 1.29 is 18.7 Å². The fraction of sp³-hybridized carbons (Fsp3) is 0.333. The summed E-state index contributed by atoms with van der Waals surface area (Å²) in [6, 6.07) is 8.14. The first-order valence-electron chi connectivity index (χ1n) is 8.16. The van der Waals surface area contributed by atoms with Gasteiger partial charge in [0, 0.05) is 12.6 Å². The molecule has 1 fully saturated rings. The number of carbonyl (C=O) groups is 1. The standard InChI is InChI=1S/C18H18FN3O3/c1-11-8-22(15(9-24-11)12-3-2-4-13(19)5-12)17-6-14-16(7-20-17)25-10-18(23)21-14/h2-7,11,15H,8-10H2,1H3,(H,21,23). The van der Waals surface area contributed by atoms with Gasteiger partial charge >= 0.3 is 0 Å². The van der Waals surface area contributed by atoms with Gasteiger partial charge in [-0.15, -0.1) is 0 Å². The number of hydrogen-bond donors (Lipinski definition) is 1. The molecule has 6 nitrogen and oxygen atoms in total. The third-order valence-electron chi connectivity index (χ3n) is 4.38. The van der Waals surface area contributed by atoms with Crippen LogP contribution in [-0.2, 0) is 9.53 Å². The predicted octanol–water partition coefficient (Wildman–Crippen LogP) is 2.52. The summed E-state index contributed by atoms with van der Waals surface area (Å²) >= 11 is 0. The Balaban J connectivity index is 1.70. The van der Waals surface area contributed by atoms with Gasteiger partial charge in [-0.05, 0) is 24.6 Å². The third kappa shape index (κ3) is 3.15. The first kappa shape index (κ1) is 15.8. The lowest BCUT2D eigenvalue weighted by Gasteiger charge is -2.40. The summed E-state index contributed by atoms with van der Waals surface area (Å²) in [6.45, 7) is 3.03. The Morgan fingerprint density at radius 1 is 1.36 bits per heavy atom. The molecule has 1 aromatic heterocycles. The van der Waals surface area contributed by atoms with E-state index in [0.717, 1.165) is 5.56 Å². The number of halogens is 1. The van der Waals surface area contributed by atoms with E-state index in [1.54, 1.807) is 18.3 Å². The highest BCUT2D eigenvalue weighted by molar-refractivity contribution is 5.95. The van der Waals surface area contributed by atoms with Crippen molar-refractivity contribution in [3.63, 3.8) is 0 Å². The van der Waals surface area contributed by atoms with Crippen LogP contribution in [0.1, 0.15) is 18.5 Å². The molecule has 0 saturated carbocycles. The van der Waals surface area contributed by atoms with Crippen molar-refractivity contribution in [3.8, 4) is 5.75 Å². The molecule has 2 atom stereocenters. The SMILES string of the molecule is CC1CN(c2cc3c(cn2)OCC(=O)N3)C(c2cccc(F)c2)CO1. The first-order chi connectivity index (χ1) is 12.1. The van der Waals surface area contributed by atoms with Gasteiger partial charge in [0.05, 0.1) is 30.6 Å². The second-order valence-corrected chi connectivity index (χ2v) is 6.24. The second kappa shape index (κ2) is 6.33. The van der Waals surface area contributed by atoms with Crippen LogP contribution in [0.15, 0.2) is 36.5 Å². The quantitative estimate of drug-likeness (QED) is 0.908. The number of anilines is 2. The summed E-state index contributed by atoms with van der Waals surface area (Å²) < 4.78 is 24.8. The molecule has 25 heavy (non-hydrogen) atoms. The number of benzene rings is 1. The van der Waals surface area contributed by atoms with Crippen molar-refractivity contribution >= 4 is 17.4 Å². The zero-order chi connectivity index (χ0) is 17.4. The number of ether oxygens (including phenoxy) is 2. The van der Waals surface area contributed by atoms with Crippen molar-refractivity contribution in [1.29, 1.82) is 0 Å². The monoisotopic (exact) mass is 343 g/mol. The lowest BCUT2D eigenvalue weighted by Crippen LogP contribution is -2.44. The molecule has 2 aliphatic heterocycles. The van der Waals surface area contributed by atoms with E-state index in [-0.39, 0.29) is 30.5 Å². The van der Waals surface area contributed by atoms with Gasteiger partial charge in [0.25, 0.3) is 5.91 Å². The van der Waals surface area contributed by atoms with Crippen LogP contribution in [0.3, 0.4) is 0 Å². The number of nitrogens with zero attached hydrogens (tertiary/aromatic N) is 2. The molecule has 2 unspecified atom stereocenters. The van der Waals surface area contributed by atoms with Gasteiger partial charge in [-0.25, -0.2) is 9.37 Å². The Hall–Kier alpha value is -2.67. The second-order valence-electron chi connectivity index (χ2n) is 6.24. The van der Waals surface area contributed by atoms with Gasteiger partial charge in [0.1, 0.15) is 11.6 Å². The molecule has 1 N–H and O–H groups in total. The Kier molecular flexibility index (Phi) is 4.01. The van der Waals surface area contributed by atoms with Crippen molar-refractivity contribution in [2.75, 3.05) is 30.0 Å². The highest BCUT2D eigenvalue weighted by atomic mass is 19.1. The molecule has 0 spiro atoms. The number of pyridine rings is 1. The van der Waals surface area contributed by atoms with Crippen molar-refractivity contribution in [1.82, 2.24) is 4.98 Å². The molecule has 130 valence electrons. The zero-order valence-electron chi connectivity index (χ0n) is 13.7. The molecule has 0 radical (unpaired) electrons. The molecule has 1 aromatic carbocycles. The van der Waals surface area contributed by atoms with Gasteiger partial charge in [-0.2, -0.15) is 0 Å². The molecular weight excluding hydrogens is 325 g/mol. The molecule has 0 bridgehead atoms. The van der Waals surface area contributed by atoms with Crippen LogP contribution >= 0.6 is 0 Å². The number of fused-ring (bicyclic) bond motifs is 1. The van der Waals surface area contributed by atoms with E-state index in [0.29, 0.717) is 30.4 Å². The van der Waals surface area contributed by atoms with Crippen LogP contribution in [0.25, 0.3) is 0 Å². The Labute approximate surface area is 144 Å². The molecule has 7 heteroatoms. The van der Waals surface area contributed by atoms with Crippen LogP contribution in [-0.4, -0.2) is 36.8 Å². The maximum absolute atomic E-state index is 13.7. The number of carbonyl (C=O) groups excluding carboxylic acids is 1. The van der Waals surface area contributed by atoms with Gasteiger partial charge in [-0.3, -0.25) is 4.79 Å². The van der Waals surface area contributed by atoms with E-state index < -0.39 is 0 Å². The highest BCUT2D eigenvalue weighted by Crippen LogP contribution is 2.35. The molecule has 4 rings (SSSR count). The van der Waals surface area contributed by atoms with Gasteiger partial charge in [0.2, 0.25) is 0 Å². The highest BCUT2D eigenvalue weighted by Gasteiger charge is 2.30. The maximum Gasteiger partial charge on any atom is 0.262 e. The summed E-state index contributed by atoms with van der Waals surface area (Å²) in [5, 5.41) is 2.79. The number of rotatable bonds is 2. The molecule has 2 aromatic rings. The Bertz CT molecular complexity index is 814. The Morgan fingerprint density at radius 2 is 2.24 bits per heavy atom. The average Bonchev–Trinajstić information content (AvgIpc) is 2.61. The lowest BCUT2D eigenvalue weighted by atomic mass is 10.0. The summed E-state index contributed by atoms with van der Waals surface area (Å²) in [6.07, 6.45) is 1.63. The van der Waals surface area contributed by atoms with E-state index >= 15 is 0 Å². The van der Waals surface area contributed by atoms with Gasteiger partial charge in [-0.1, -0.05) is 12.1 Å². The van der Waals surface area contributed by atoms with E-state index in [9.17, 15) is 9.18 Å². The first-order valence-corrected chi connectivity index (χ1v) is 8.16. The van der Waals surface area contributed by atoms with Gasteiger partial charge < -0.3 is 19.7 Å². The number of aromatic nitrogens is 1. The smallest absolute Gasteiger partial charge is 0.262 e. The van der Waals surface area contributed by atoms with Crippen LogP contribution in [0.4, 0.5) is 15.9 Å². The number of amides is 1. The van der Waals surface area contributed by atoms with Crippen LogP contribution in [0, 0.1) is 5.82 Å². The van der Waals surface area contributed by atoms with Crippen molar-refractivity contribution in [2.45, 2.75) is 19.1 Å². The molecule has 1 saturated heterocycles. The van der Waals surface area contributed by atoms with E-state index in [2.05, 4.69) is 15.2 Å². The predicted molar refractivity (Wildman–Crippen MR) is 90.3 cm³/mol. The van der Waals surface area contributed by atoms with Crippen LogP contribution in [0.5, 0.6) is 5.75 Å². The van der Waals surface area contributed by atoms with E-state index in [4.69, 9.17) is 9.47 Å². The Morgan fingerprint density at radius 3 is 3.08 bits per heavy atom. The molecule has 1 amide bonds. The van der Waals surface area contributed by atoms with E-state index in [1.807, 2.05) is 13.0 Å². The minimum Gasteiger partial charge on any atom is -0.480 e. The van der Waals surface area contributed by atoms with E-state index in [1.165, 1.54) is 12.1 Å². The number of hydrogen-bond acceptors (Lipinski definition) is 5. The number of nitrogens with one attached hydrogen (secondary N) is 1. The zero-order valence-corrected chi connectivity index (χ0v) is 13.7. The topological polar surface area (TPSA) is 63.7 Å². The summed E-state index contributed by atoms with van der Waals surface area (Å²) in [5.74, 6) is 0.762. The largest absolute Gasteiger partial charge is 0.480 e. The minimum atomic E-state index is -0.282. The van der Waals surface area contributed by atoms with Crippen LogP contribution in [0.2, 0.25) is 0 Å². The number of morpholine rings is 1. The van der Waals surface area contributed by atoms with Crippen LogP contribution < -0.4 is 15.0 Å². The summed E-state index contributed by atoms with van der Waals surface area (Å²) in [7, 11) is 0. The molecule has 2 aliphatic rings. The van der Waals surface area contributed by atoms with Crippen molar-refractivity contribution in [3.05, 3.63) is 47.9 Å². The normalized spacial score (nSPS) is 22.8. The maximum atomic E-state index is 13.7. The summed E-state index contributed by atoms with van der Waals surface area (Å²) in [5.41, 5.74) is 1.42. The third-order valence-corrected chi connectivity index (χ3v) is 4.38.